The van der Waals surface area contributed by atoms with Crippen molar-refractivity contribution in [3.8, 4) is 0 Å². The fourth-order valence-electron chi connectivity index (χ4n) is 2.37. The first kappa shape index (κ1) is 10.1. The van der Waals surface area contributed by atoms with E-state index in [1.165, 1.54) is 17.3 Å². The predicted octanol–water partition coefficient (Wildman–Crippen LogP) is 2.97. The topological polar surface area (TPSA) is 0 Å². The molecule has 3 rings (SSSR count). The Bertz CT molecular complexity index is 476. The van der Waals surface area contributed by atoms with Crippen molar-refractivity contribution in [2.45, 2.75) is 17.7 Å². The summed E-state index contributed by atoms with van der Waals surface area (Å²) in [6.45, 7) is 0. The van der Waals surface area contributed by atoms with Crippen molar-refractivity contribution in [2.75, 3.05) is 0 Å². The van der Waals surface area contributed by atoms with Gasteiger partial charge in [-0.3, -0.25) is 0 Å². The van der Waals surface area contributed by atoms with Crippen LogP contribution >= 0.6 is 0 Å². The van der Waals surface area contributed by atoms with Crippen LogP contribution in [0.2, 0.25) is 5.32 Å². The van der Waals surface area contributed by atoms with Crippen LogP contribution < -0.4 is 4.46 Å². The van der Waals surface area contributed by atoms with E-state index in [9.17, 15) is 0 Å². The van der Waals surface area contributed by atoms with E-state index in [-0.39, 0.29) is 0 Å². The van der Waals surface area contributed by atoms with Crippen molar-refractivity contribution >= 4 is 19.4 Å². The number of benzene rings is 2. The van der Waals surface area contributed by atoms with Gasteiger partial charge in [-0.05, 0) is 0 Å². The quantitative estimate of drug-likeness (QED) is 0.701. The maximum absolute atomic E-state index is 2.31. The van der Waals surface area contributed by atoms with E-state index < -0.39 is 0 Å². The molecule has 0 bridgehead atoms. The molecule has 1 heterocycles. The van der Waals surface area contributed by atoms with Crippen molar-refractivity contribution < 1.29 is 0 Å². The molecule has 0 fully saturated rings. The van der Waals surface area contributed by atoms with Crippen molar-refractivity contribution in [1.82, 2.24) is 0 Å². The summed E-state index contributed by atoms with van der Waals surface area (Å²) in [4.78, 5) is 0. The zero-order valence-electron chi connectivity index (χ0n) is 9.10. The van der Waals surface area contributed by atoms with Gasteiger partial charge in [-0.2, -0.15) is 0 Å². The van der Waals surface area contributed by atoms with E-state index in [0.29, 0.717) is 20.9 Å². The molecule has 1 aliphatic rings. The Morgan fingerprint density at radius 3 is 2.50 bits per heavy atom. The number of fused-ring (bicyclic) bond motifs is 1. The fourth-order valence-corrected chi connectivity index (χ4v) is 4.73. The molecule has 0 saturated heterocycles. The predicted molar refractivity (Wildman–Crippen MR) is 69.5 cm³/mol. The Labute approximate surface area is 103 Å². The van der Waals surface area contributed by atoms with Crippen LogP contribution in [-0.2, 0) is 0 Å². The molecule has 1 aliphatic heterocycles. The van der Waals surface area contributed by atoms with E-state index in [1.54, 1.807) is 10.0 Å². The zero-order chi connectivity index (χ0) is 10.8. The summed E-state index contributed by atoms with van der Waals surface area (Å²) in [5.74, 6) is 0.632. The second-order valence-electron chi connectivity index (χ2n) is 4.14. The number of rotatable bonds is 1. The van der Waals surface area contributed by atoms with Gasteiger partial charge >= 0.3 is 103 Å². The van der Waals surface area contributed by atoms with E-state index in [0.717, 1.165) is 0 Å². The van der Waals surface area contributed by atoms with Crippen molar-refractivity contribution in [3.63, 3.8) is 0 Å². The fraction of sp³-hybridized carbons (Fsp3) is 0.200. The third kappa shape index (κ3) is 1.81. The second-order valence-corrected chi connectivity index (χ2v) is 6.52. The van der Waals surface area contributed by atoms with Gasteiger partial charge in [0.25, 0.3) is 0 Å². The third-order valence-corrected chi connectivity index (χ3v) is 5.52. The molecule has 2 aromatic rings. The van der Waals surface area contributed by atoms with Crippen molar-refractivity contribution in [3.05, 3.63) is 65.7 Å². The molecule has 1 unspecified atom stereocenters. The molecule has 0 aromatic heterocycles. The van der Waals surface area contributed by atoms with Gasteiger partial charge in [0, 0.05) is 0 Å². The summed E-state index contributed by atoms with van der Waals surface area (Å²) in [6.07, 6.45) is 1.32. The molecule has 0 nitrogen and oxygen atoms in total. The second kappa shape index (κ2) is 4.45. The molecule has 0 radical (unpaired) electrons. The molecule has 0 amide bonds. The summed E-state index contributed by atoms with van der Waals surface area (Å²) in [5.41, 5.74) is 3.05. The van der Waals surface area contributed by atoms with Crippen LogP contribution in [0, 0.1) is 0 Å². The molecule has 0 N–H and O–H groups in total. The molecular formula is C15H14Se. The molecule has 0 aliphatic carbocycles. The number of hydrogen-bond donors (Lipinski definition) is 0. The van der Waals surface area contributed by atoms with E-state index in [1.807, 2.05) is 0 Å². The van der Waals surface area contributed by atoms with Gasteiger partial charge in [0.2, 0.25) is 0 Å². The maximum atomic E-state index is 2.31. The summed E-state index contributed by atoms with van der Waals surface area (Å²) >= 11 is 0.696. The molecule has 80 valence electrons. The molecule has 2 aromatic carbocycles. The Balaban J connectivity index is 2.05. The molecule has 1 atom stereocenters. The van der Waals surface area contributed by atoms with Crippen LogP contribution in [0.15, 0.2) is 54.6 Å². The minimum absolute atomic E-state index is 0.632. The summed E-state index contributed by atoms with van der Waals surface area (Å²) in [5, 5.41) is 1.38. The molecular weight excluding hydrogens is 259 g/mol. The van der Waals surface area contributed by atoms with Gasteiger partial charge in [-0.1, -0.05) is 0 Å². The summed E-state index contributed by atoms with van der Waals surface area (Å²) < 4.78 is 1.61. The average Bonchev–Trinajstić information content (AvgIpc) is 2.39. The van der Waals surface area contributed by atoms with Gasteiger partial charge in [0.15, 0.2) is 0 Å². The van der Waals surface area contributed by atoms with Crippen LogP contribution in [0.3, 0.4) is 0 Å². The Morgan fingerprint density at radius 2 is 1.62 bits per heavy atom. The van der Waals surface area contributed by atoms with Crippen LogP contribution in [0.25, 0.3) is 0 Å². The third-order valence-electron chi connectivity index (χ3n) is 3.16. The SMILES string of the molecule is c1ccc(C2CC[Se]c3ccccc32)cc1. The molecule has 16 heavy (non-hydrogen) atoms. The van der Waals surface area contributed by atoms with Gasteiger partial charge in [-0.25, -0.2) is 0 Å². The Kier molecular flexibility index (Phi) is 2.82. The van der Waals surface area contributed by atoms with E-state index >= 15 is 0 Å². The minimum atomic E-state index is 0.632. The molecule has 0 spiro atoms. The van der Waals surface area contributed by atoms with Crippen molar-refractivity contribution in [1.29, 1.82) is 0 Å². The normalized spacial score (nSPS) is 19.1. The van der Waals surface area contributed by atoms with Crippen LogP contribution in [0.4, 0.5) is 0 Å². The van der Waals surface area contributed by atoms with E-state index in [2.05, 4.69) is 54.6 Å². The van der Waals surface area contributed by atoms with Gasteiger partial charge in [0.05, 0.1) is 0 Å². The van der Waals surface area contributed by atoms with Crippen LogP contribution in [0.5, 0.6) is 0 Å². The average molecular weight is 273 g/mol. The molecule has 1 heteroatoms. The number of hydrogen-bond acceptors (Lipinski definition) is 0. The standard InChI is InChI=1S/C15H14Se/c1-2-6-12(7-3-1)13-10-11-16-15-9-5-4-8-14(13)15/h1-9,13H,10-11H2. The van der Waals surface area contributed by atoms with Crippen molar-refractivity contribution in [2.24, 2.45) is 0 Å². The van der Waals surface area contributed by atoms with Gasteiger partial charge in [-0.15, -0.1) is 0 Å². The van der Waals surface area contributed by atoms with Gasteiger partial charge < -0.3 is 0 Å². The Hall–Kier alpha value is -1.04. The van der Waals surface area contributed by atoms with Crippen LogP contribution in [0.1, 0.15) is 23.5 Å². The zero-order valence-corrected chi connectivity index (χ0v) is 10.8. The molecule has 0 saturated carbocycles. The first-order valence-electron chi connectivity index (χ1n) is 5.72. The van der Waals surface area contributed by atoms with E-state index in [4.69, 9.17) is 0 Å². The Morgan fingerprint density at radius 1 is 0.875 bits per heavy atom. The first-order chi connectivity index (χ1) is 7.95. The monoisotopic (exact) mass is 274 g/mol. The van der Waals surface area contributed by atoms with Crippen LogP contribution in [-0.4, -0.2) is 15.0 Å². The summed E-state index contributed by atoms with van der Waals surface area (Å²) in [7, 11) is 0. The summed E-state index contributed by atoms with van der Waals surface area (Å²) in [6, 6.07) is 19.9. The van der Waals surface area contributed by atoms with Gasteiger partial charge in [0.1, 0.15) is 0 Å². The first-order valence-corrected chi connectivity index (χ1v) is 7.78.